The monoisotopic (exact) mass is 133 g/mol. The number of rotatable bonds is 1. The Morgan fingerprint density at radius 2 is 2.62 bits per heavy atom. The van der Waals surface area contributed by atoms with Gasteiger partial charge in [0.05, 0.1) is 11.1 Å². The van der Waals surface area contributed by atoms with Gasteiger partial charge in [-0.05, 0) is 12.8 Å². The molecule has 0 bridgehead atoms. The molecule has 8 heavy (non-hydrogen) atoms. The third-order valence-corrected chi connectivity index (χ3v) is 1.69. The average Bonchev–Trinajstić information content (AvgIpc) is 1.79. The van der Waals surface area contributed by atoms with E-state index < -0.39 is 0 Å². The second-order valence-corrected chi connectivity index (χ2v) is 2.30. The molecule has 2 nitrogen and oxygen atoms in total. The summed E-state index contributed by atoms with van der Waals surface area (Å²) in [7, 11) is 1.54. The third kappa shape index (κ3) is 0.944. The number of nitrogens with zero attached hydrogens (tertiary/aromatic N) is 1. The van der Waals surface area contributed by atoms with E-state index in [0.717, 1.165) is 18.6 Å². The minimum Gasteiger partial charge on any atom is -0.399 e. The van der Waals surface area contributed by atoms with Crippen LogP contribution < -0.4 is 0 Å². The topological polar surface area (TPSA) is 21.6 Å². The molecule has 0 aromatic rings. The van der Waals surface area contributed by atoms with Crippen molar-refractivity contribution < 1.29 is 4.84 Å². The van der Waals surface area contributed by atoms with Gasteiger partial charge < -0.3 is 4.84 Å². The number of hydrogen-bond acceptors (Lipinski definition) is 2. The molecule has 0 heterocycles. The van der Waals surface area contributed by atoms with Gasteiger partial charge in [-0.15, -0.1) is 11.6 Å². The number of alkyl halides is 1. The SMILES string of the molecule is CON=C1CCC1Cl. The highest BCUT2D eigenvalue weighted by Gasteiger charge is 2.23. The first-order valence-electron chi connectivity index (χ1n) is 2.58. The Balaban J connectivity index is 2.36. The third-order valence-electron chi connectivity index (χ3n) is 1.22. The van der Waals surface area contributed by atoms with E-state index in [-0.39, 0.29) is 5.38 Å². The summed E-state index contributed by atoms with van der Waals surface area (Å²) in [5, 5.41) is 3.84. The van der Waals surface area contributed by atoms with Gasteiger partial charge in [0, 0.05) is 0 Å². The van der Waals surface area contributed by atoms with Gasteiger partial charge in [-0.25, -0.2) is 0 Å². The van der Waals surface area contributed by atoms with Crippen LogP contribution in [-0.4, -0.2) is 18.2 Å². The lowest BCUT2D eigenvalue weighted by Gasteiger charge is -2.20. The van der Waals surface area contributed by atoms with Crippen LogP contribution in [0.25, 0.3) is 0 Å². The van der Waals surface area contributed by atoms with Crippen LogP contribution >= 0.6 is 11.6 Å². The highest BCUT2D eigenvalue weighted by atomic mass is 35.5. The molecule has 1 saturated carbocycles. The van der Waals surface area contributed by atoms with Crippen LogP contribution in [0, 0.1) is 0 Å². The molecule has 0 spiro atoms. The van der Waals surface area contributed by atoms with Crippen LogP contribution in [0.5, 0.6) is 0 Å². The smallest absolute Gasteiger partial charge is 0.106 e. The Morgan fingerprint density at radius 3 is 2.75 bits per heavy atom. The largest absolute Gasteiger partial charge is 0.399 e. The Hall–Kier alpha value is -0.240. The highest BCUT2D eigenvalue weighted by Crippen LogP contribution is 2.21. The van der Waals surface area contributed by atoms with Crippen molar-refractivity contribution in [3.63, 3.8) is 0 Å². The van der Waals surface area contributed by atoms with Gasteiger partial charge in [0.2, 0.25) is 0 Å². The normalized spacial score (nSPS) is 32.2. The predicted molar refractivity (Wildman–Crippen MR) is 33.3 cm³/mol. The quantitative estimate of drug-likeness (QED) is 0.391. The van der Waals surface area contributed by atoms with Gasteiger partial charge >= 0.3 is 0 Å². The molecule has 46 valence electrons. The lowest BCUT2D eigenvalue weighted by molar-refractivity contribution is 0.210. The van der Waals surface area contributed by atoms with E-state index in [1.54, 1.807) is 0 Å². The summed E-state index contributed by atoms with van der Waals surface area (Å²) >= 11 is 5.68. The molecule has 3 heteroatoms. The average molecular weight is 134 g/mol. The second kappa shape index (κ2) is 2.35. The van der Waals surface area contributed by atoms with E-state index >= 15 is 0 Å². The van der Waals surface area contributed by atoms with Crippen molar-refractivity contribution >= 4 is 17.3 Å². The molecule has 0 radical (unpaired) electrons. The van der Waals surface area contributed by atoms with E-state index in [1.165, 1.54) is 7.11 Å². The minimum atomic E-state index is 0.148. The number of halogens is 1. The zero-order valence-electron chi connectivity index (χ0n) is 4.72. The van der Waals surface area contributed by atoms with Gasteiger partial charge in [-0.3, -0.25) is 0 Å². The fourth-order valence-corrected chi connectivity index (χ4v) is 0.861. The summed E-state index contributed by atoms with van der Waals surface area (Å²) < 4.78 is 0. The van der Waals surface area contributed by atoms with Gasteiger partial charge in [0.1, 0.15) is 7.11 Å². The van der Waals surface area contributed by atoms with Crippen LogP contribution in [-0.2, 0) is 4.84 Å². The summed E-state index contributed by atoms with van der Waals surface area (Å²) in [5.41, 5.74) is 0.981. The van der Waals surface area contributed by atoms with E-state index in [4.69, 9.17) is 11.6 Å². The van der Waals surface area contributed by atoms with Crippen molar-refractivity contribution in [2.75, 3.05) is 7.11 Å². The molecule has 0 N–H and O–H groups in total. The van der Waals surface area contributed by atoms with Crippen molar-refractivity contribution in [1.82, 2.24) is 0 Å². The van der Waals surface area contributed by atoms with Crippen molar-refractivity contribution in [3.05, 3.63) is 0 Å². The lowest BCUT2D eigenvalue weighted by atomic mass is 9.97. The van der Waals surface area contributed by atoms with E-state index in [0.29, 0.717) is 0 Å². The predicted octanol–water partition coefficient (Wildman–Crippen LogP) is 1.39. The van der Waals surface area contributed by atoms with Gasteiger partial charge in [-0.1, -0.05) is 5.16 Å². The lowest BCUT2D eigenvalue weighted by Crippen LogP contribution is -2.26. The van der Waals surface area contributed by atoms with Crippen LogP contribution in [0.1, 0.15) is 12.8 Å². The Morgan fingerprint density at radius 1 is 1.88 bits per heavy atom. The van der Waals surface area contributed by atoms with Crippen molar-refractivity contribution in [3.8, 4) is 0 Å². The summed E-state index contributed by atoms with van der Waals surface area (Å²) in [5.74, 6) is 0. The molecule has 0 aromatic carbocycles. The van der Waals surface area contributed by atoms with E-state index in [2.05, 4.69) is 9.99 Å². The molecule has 1 aliphatic carbocycles. The van der Waals surface area contributed by atoms with Crippen LogP contribution in [0.3, 0.4) is 0 Å². The fourth-order valence-electron chi connectivity index (χ4n) is 0.603. The molecule has 0 saturated heterocycles. The molecule has 1 rings (SSSR count). The first kappa shape index (κ1) is 5.89. The van der Waals surface area contributed by atoms with Gasteiger partial charge in [0.25, 0.3) is 0 Å². The van der Waals surface area contributed by atoms with Crippen molar-refractivity contribution in [1.29, 1.82) is 0 Å². The fraction of sp³-hybridized carbons (Fsp3) is 0.800. The molecule has 1 aliphatic rings. The number of hydrogen-bond donors (Lipinski definition) is 0. The van der Waals surface area contributed by atoms with Crippen LogP contribution in [0.4, 0.5) is 0 Å². The molecular weight excluding hydrogens is 126 g/mol. The van der Waals surface area contributed by atoms with Gasteiger partial charge in [0.15, 0.2) is 0 Å². The molecule has 0 aliphatic heterocycles. The van der Waals surface area contributed by atoms with Crippen LogP contribution in [0.2, 0.25) is 0 Å². The maximum absolute atomic E-state index is 5.68. The molecule has 1 atom stereocenters. The summed E-state index contributed by atoms with van der Waals surface area (Å²) in [6, 6.07) is 0. The molecule has 0 aromatic heterocycles. The Kier molecular flexibility index (Phi) is 1.73. The van der Waals surface area contributed by atoms with Crippen molar-refractivity contribution in [2.45, 2.75) is 18.2 Å². The van der Waals surface area contributed by atoms with E-state index in [1.807, 2.05) is 0 Å². The van der Waals surface area contributed by atoms with Gasteiger partial charge in [-0.2, -0.15) is 0 Å². The second-order valence-electron chi connectivity index (χ2n) is 1.77. The first-order chi connectivity index (χ1) is 3.84. The molecular formula is C5H8ClNO. The molecule has 1 unspecified atom stereocenters. The first-order valence-corrected chi connectivity index (χ1v) is 3.02. The standard InChI is InChI=1S/C5H8ClNO/c1-8-7-5-3-2-4(5)6/h4H,2-3H2,1H3. The zero-order chi connectivity index (χ0) is 5.98. The minimum absolute atomic E-state index is 0.148. The van der Waals surface area contributed by atoms with Crippen LogP contribution in [0.15, 0.2) is 5.16 Å². The maximum atomic E-state index is 5.68. The summed E-state index contributed by atoms with van der Waals surface area (Å²) in [6.07, 6.45) is 2.05. The zero-order valence-corrected chi connectivity index (χ0v) is 5.48. The summed E-state index contributed by atoms with van der Waals surface area (Å²) in [4.78, 5) is 4.52. The van der Waals surface area contributed by atoms with Crippen molar-refractivity contribution in [2.24, 2.45) is 5.16 Å². The Labute approximate surface area is 53.5 Å². The summed E-state index contributed by atoms with van der Waals surface area (Å²) in [6.45, 7) is 0. The molecule has 0 amide bonds. The maximum Gasteiger partial charge on any atom is 0.106 e. The Bertz CT molecular complexity index is 113. The highest BCUT2D eigenvalue weighted by molar-refractivity contribution is 6.34. The van der Waals surface area contributed by atoms with E-state index in [9.17, 15) is 0 Å². The molecule has 1 fully saturated rings. The number of oxime groups is 1.